The molecule has 0 aliphatic heterocycles. The first kappa shape index (κ1) is 14.2. The summed E-state index contributed by atoms with van der Waals surface area (Å²) in [5.41, 5.74) is 1.31. The molecule has 0 saturated heterocycles. The Morgan fingerprint density at radius 1 is 1.47 bits per heavy atom. The van der Waals surface area contributed by atoms with E-state index in [2.05, 4.69) is 21.2 Å². The number of hydrogen-bond acceptors (Lipinski definition) is 2. The van der Waals surface area contributed by atoms with Crippen molar-refractivity contribution in [2.24, 2.45) is 5.41 Å². The van der Waals surface area contributed by atoms with Gasteiger partial charge in [0.15, 0.2) is 0 Å². The lowest BCUT2D eigenvalue weighted by atomic mass is 9.95. The van der Waals surface area contributed by atoms with E-state index in [4.69, 9.17) is 5.11 Å². The Hall–Kier alpha value is -0.870. The monoisotopic (exact) mass is 299 g/mol. The molecule has 0 aromatic heterocycles. The first-order valence-corrected chi connectivity index (χ1v) is 6.30. The van der Waals surface area contributed by atoms with Gasteiger partial charge in [-0.25, -0.2) is 0 Å². The predicted molar refractivity (Wildman–Crippen MR) is 72.1 cm³/mol. The van der Waals surface area contributed by atoms with Gasteiger partial charge in [-0.1, -0.05) is 29.8 Å². The quantitative estimate of drug-likeness (QED) is 0.897. The Bertz CT molecular complexity index is 416. The molecule has 17 heavy (non-hydrogen) atoms. The number of hydrogen-bond donors (Lipinski definition) is 2. The van der Waals surface area contributed by atoms with Crippen molar-refractivity contribution in [3.8, 4) is 0 Å². The minimum absolute atomic E-state index is 0.0482. The summed E-state index contributed by atoms with van der Waals surface area (Å²) in [5.74, 6) is -0.100. The molecule has 1 rings (SSSR count). The lowest BCUT2D eigenvalue weighted by molar-refractivity contribution is 0.0910. The van der Waals surface area contributed by atoms with E-state index in [-0.39, 0.29) is 17.9 Å². The Labute approximate surface area is 110 Å². The molecule has 0 bridgehead atoms. The largest absolute Gasteiger partial charge is 0.396 e. The van der Waals surface area contributed by atoms with Crippen LogP contribution in [0.1, 0.15) is 29.8 Å². The van der Waals surface area contributed by atoms with Gasteiger partial charge < -0.3 is 10.4 Å². The molecule has 94 valence electrons. The van der Waals surface area contributed by atoms with Crippen molar-refractivity contribution in [1.29, 1.82) is 0 Å². The number of nitrogens with one attached hydrogen (secondary N) is 1. The molecule has 0 heterocycles. The van der Waals surface area contributed by atoms with Crippen molar-refractivity contribution in [2.45, 2.75) is 20.8 Å². The van der Waals surface area contributed by atoms with Gasteiger partial charge in [-0.05, 0) is 30.7 Å². The number of halogens is 1. The molecule has 0 radical (unpaired) electrons. The van der Waals surface area contributed by atoms with Crippen LogP contribution in [0, 0.1) is 12.3 Å². The maximum atomic E-state index is 11.9. The molecular formula is C13H18BrNO2. The van der Waals surface area contributed by atoms with Gasteiger partial charge in [-0.2, -0.15) is 0 Å². The van der Waals surface area contributed by atoms with Gasteiger partial charge in [-0.3, -0.25) is 4.79 Å². The highest BCUT2D eigenvalue weighted by Crippen LogP contribution is 2.16. The fourth-order valence-electron chi connectivity index (χ4n) is 1.35. The number of aryl methyl sites for hydroxylation is 1. The summed E-state index contributed by atoms with van der Waals surface area (Å²) >= 11 is 3.36. The Morgan fingerprint density at radius 2 is 2.12 bits per heavy atom. The van der Waals surface area contributed by atoms with Crippen LogP contribution in [0.2, 0.25) is 0 Å². The fourth-order valence-corrected chi connectivity index (χ4v) is 1.83. The summed E-state index contributed by atoms with van der Waals surface area (Å²) in [4.78, 5) is 11.9. The minimum Gasteiger partial charge on any atom is -0.396 e. The van der Waals surface area contributed by atoms with Gasteiger partial charge in [0, 0.05) is 28.6 Å². The maximum Gasteiger partial charge on any atom is 0.251 e. The standard InChI is InChI=1S/C13H18BrNO2/c1-9-6-10(14)4-5-11(9)12(17)15-7-13(2,3)8-16/h4-6,16H,7-8H2,1-3H3,(H,15,17). The third kappa shape index (κ3) is 4.13. The molecule has 1 aromatic rings. The third-order valence-electron chi connectivity index (χ3n) is 2.59. The van der Waals surface area contributed by atoms with E-state index in [1.165, 1.54) is 0 Å². The highest BCUT2D eigenvalue weighted by Gasteiger charge is 2.18. The molecule has 0 atom stereocenters. The minimum atomic E-state index is -0.293. The summed E-state index contributed by atoms with van der Waals surface area (Å²) in [6, 6.07) is 5.55. The van der Waals surface area contributed by atoms with E-state index in [1.807, 2.05) is 32.9 Å². The van der Waals surface area contributed by atoms with Crippen LogP contribution in [0.3, 0.4) is 0 Å². The highest BCUT2D eigenvalue weighted by atomic mass is 79.9. The van der Waals surface area contributed by atoms with Gasteiger partial charge in [-0.15, -0.1) is 0 Å². The van der Waals surface area contributed by atoms with Gasteiger partial charge >= 0.3 is 0 Å². The lowest BCUT2D eigenvalue weighted by Gasteiger charge is -2.22. The second-order valence-corrected chi connectivity index (χ2v) is 5.88. The average molecular weight is 300 g/mol. The van der Waals surface area contributed by atoms with E-state index in [1.54, 1.807) is 6.07 Å². The maximum absolute atomic E-state index is 11.9. The molecule has 3 nitrogen and oxygen atoms in total. The van der Waals surface area contributed by atoms with E-state index in [0.717, 1.165) is 10.0 Å². The van der Waals surface area contributed by atoms with Gasteiger partial charge in [0.1, 0.15) is 0 Å². The van der Waals surface area contributed by atoms with Crippen LogP contribution in [0.15, 0.2) is 22.7 Å². The summed E-state index contributed by atoms with van der Waals surface area (Å²) in [7, 11) is 0. The number of carbonyl (C=O) groups excluding carboxylic acids is 1. The van der Waals surface area contributed by atoms with Crippen molar-refractivity contribution in [3.05, 3.63) is 33.8 Å². The number of carbonyl (C=O) groups is 1. The number of rotatable bonds is 4. The first-order chi connectivity index (χ1) is 7.85. The lowest BCUT2D eigenvalue weighted by Crippen LogP contribution is -2.36. The zero-order valence-corrected chi connectivity index (χ0v) is 12.0. The van der Waals surface area contributed by atoms with Crippen LogP contribution in [0.4, 0.5) is 0 Å². The Morgan fingerprint density at radius 3 is 2.65 bits per heavy atom. The molecule has 0 unspecified atom stereocenters. The topological polar surface area (TPSA) is 49.3 Å². The normalized spacial score (nSPS) is 11.4. The first-order valence-electron chi connectivity index (χ1n) is 5.51. The number of benzene rings is 1. The molecular weight excluding hydrogens is 282 g/mol. The van der Waals surface area contributed by atoms with E-state index in [9.17, 15) is 4.79 Å². The zero-order valence-electron chi connectivity index (χ0n) is 10.4. The average Bonchev–Trinajstić information content (AvgIpc) is 2.26. The SMILES string of the molecule is Cc1cc(Br)ccc1C(=O)NCC(C)(C)CO. The van der Waals surface area contributed by atoms with E-state index < -0.39 is 0 Å². The summed E-state index contributed by atoms with van der Waals surface area (Å²) in [6.45, 7) is 6.21. The highest BCUT2D eigenvalue weighted by molar-refractivity contribution is 9.10. The molecule has 1 amide bonds. The van der Waals surface area contributed by atoms with Gasteiger partial charge in [0.2, 0.25) is 0 Å². The molecule has 0 saturated carbocycles. The number of aliphatic hydroxyl groups excluding tert-OH is 1. The second-order valence-electron chi connectivity index (χ2n) is 4.96. The van der Waals surface area contributed by atoms with Gasteiger partial charge in [0.05, 0.1) is 0 Å². The summed E-state index contributed by atoms with van der Waals surface area (Å²) in [5, 5.41) is 11.9. The van der Waals surface area contributed by atoms with Crippen LogP contribution in [-0.2, 0) is 0 Å². The molecule has 0 spiro atoms. The Balaban J connectivity index is 2.71. The van der Waals surface area contributed by atoms with Crippen molar-refractivity contribution in [3.63, 3.8) is 0 Å². The van der Waals surface area contributed by atoms with Crippen molar-refractivity contribution in [2.75, 3.05) is 13.2 Å². The summed E-state index contributed by atoms with van der Waals surface area (Å²) in [6.07, 6.45) is 0. The van der Waals surface area contributed by atoms with E-state index >= 15 is 0 Å². The molecule has 0 aliphatic carbocycles. The van der Waals surface area contributed by atoms with Crippen LogP contribution in [0.5, 0.6) is 0 Å². The molecule has 2 N–H and O–H groups in total. The van der Waals surface area contributed by atoms with Crippen LogP contribution in [0.25, 0.3) is 0 Å². The smallest absolute Gasteiger partial charge is 0.251 e. The van der Waals surface area contributed by atoms with E-state index in [0.29, 0.717) is 12.1 Å². The molecule has 4 heteroatoms. The van der Waals surface area contributed by atoms with Crippen molar-refractivity contribution in [1.82, 2.24) is 5.32 Å². The molecule has 0 fully saturated rings. The molecule has 0 aliphatic rings. The van der Waals surface area contributed by atoms with Gasteiger partial charge in [0.25, 0.3) is 5.91 Å². The number of aliphatic hydroxyl groups is 1. The third-order valence-corrected chi connectivity index (χ3v) is 3.08. The van der Waals surface area contributed by atoms with Crippen molar-refractivity contribution >= 4 is 21.8 Å². The molecule has 1 aromatic carbocycles. The second kappa shape index (κ2) is 5.65. The zero-order chi connectivity index (χ0) is 13.1. The fraction of sp³-hybridized carbons (Fsp3) is 0.462. The van der Waals surface area contributed by atoms with Crippen LogP contribution < -0.4 is 5.32 Å². The summed E-state index contributed by atoms with van der Waals surface area (Å²) < 4.78 is 0.960. The predicted octanol–water partition coefficient (Wildman–Crippen LogP) is 2.51. The van der Waals surface area contributed by atoms with Crippen LogP contribution in [-0.4, -0.2) is 24.2 Å². The Kier molecular flexibility index (Phi) is 4.71. The van der Waals surface area contributed by atoms with Crippen LogP contribution >= 0.6 is 15.9 Å². The van der Waals surface area contributed by atoms with Crippen molar-refractivity contribution < 1.29 is 9.90 Å². The number of amides is 1.